The molecule has 0 spiro atoms. The van der Waals surface area contributed by atoms with Crippen LogP contribution in [-0.4, -0.2) is 40.9 Å². The zero-order chi connectivity index (χ0) is 18.7. The molecule has 3 rings (SSSR count). The standard InChI is InChI=1S/C19H21N3O4/c1-13-11-19(24,15-5-4-8-20-12-15)22(21-13)18(23)10-14-6-7-16(25-2)17(9-14)26-3/h4-9,12,24H,10-11H2,1-3H3. The van der Waals surface area contributed by atoms with Crippen molar-refractivity contribution in [3.63, 3.8) is 0 Å². The van der Waals surface area contributed by atoms with Crippen LogP contribution in [0.15, 0.2) is 47.8 Å². The van der Waals surface area contributed by atoms with Crippen molar-refractivity contribution in [1.29, 1.82) is 0 Å². The van der Waals surface area contributed by atoms with E-state index in [1.54, 1.807) is 63.9 Å². The summed E-state index contributed by atoms with van der Waals surface area (Å²) in [4.78, 5) is 16.9. The SMILES string of the molecule is COc1ccc(CC(=O)N2N=C(C)CC2(O)c2cccnc2)cc1OC. The summed E-state index contributed by atoms with van der Waals surface area (Å²) in [6.07, 6.45) is 3.48. The average Bonchev–Trinajstić information content (AvgIpc) is 2.98. The van der Waals surface area contributed by atoms with Gasteiger partial charge in [-0.15, -0.1) is 0 Å². The lowest BCUT2D eigenvalue weighted by Gasteiger charge is -2.31. The average molecular weight is 355 g/mol. The molecular formula is C19H21N3O4. The van der Waals surface area contributed by atoms with Gasteiger partial charge in [0.15, 0.2) is 17.2 Å². The molecule has 26 heavy (non-hydrogen) atoms. The molecule has 0 bridgehead atoms. The van der Waals surface area contributed by atoms with Gasteiger partial charge in [0, 0.05) is 30.1 Å². The molecular weight excluding hydrogens is 334 g/mol. The van der Waals surface area contributed by atoms with E-state index >= 15 is 0 Å². The minimum absolute atomic E-state index is 0.0692. The van der Waals surface area contributed by atoms with Crippen LogP contribution in [0.4, 0.5) is 0 Å². The summed E-state index contributed by atoms with van der Waals surface area (Å²) >= 11 is 0. The third-order valence-corrected chi connectivity index (χ3v) is 4.29. The van der Waals surface area contributed by atoms with Gasteiger partial charge in [-0.3, -0.25) is 9.78 Å². The van der Waals surface area contributed by atoms with Gasteiger partial charge in [0.2, 0.25) is 5.91 Å². The molecule has 1 N–H and O–H groups in total. The number of rotatable bonds is 5. The van der Waals surface area contributed by atoms with Gasteiger partial charge in [-0.1, -0.05) is 12.1 Å². The number of aromatic nitrogens is 1. The first kappa shape index (κ1) is 17.9. The van der Waals surface area contributed by atoms with Gasteiger partial charge in [-0.05, 0) is 30.7 Å². The van der Waals surface area contributed by atoms with E-state index in [1.807, 2.05) is 0 Å². The number of carbonyl (C=O) groups is 1. The van der Waals surface area contributed by atoms with Crippen molar-refractivity contribution in [3.05, 3.63) is 53.9 Å². The number of carbonyl (C=O) groups excluding carboxylic acids is 1. The third kappa shape index (κ3) is 3.25. The van der Waals surface area contributed by atoms with Crippen LogP contribution in [0.25, 0.3) is 0 Å². The fourth-order valence-corrected chi connectivity index (χ4v) is 3.05. The maximum atomic E-state index is 12.9. The molecule has 7 heteroatoms. The van der Waals surface area contributed by atoms with Gasteiger partial charge in [-0.2, -0.15) is 10.1 Å². The number of aliphatic hydroxyl groups is 1. The fourth-order valence-electron chi connectivity index (χ4n) is 3.05. The fraction of sp³-hybridized carbons (Fsp3) is 0.316. The van der Waals surface area contributed by atoms with Gasteiger partial charge in [0.05, 0.1) is 20.6 Å². The zero-order valence-electron chi connectivity index (χ0n) is 15.0. The second kappa shape index (κ2) is 7.13. The second-order valence-corrected chi connectivity index (χ2v) is 6.14. The van der Waals surface area contributed by atoms with E-state index in [0.29, 0.717) is 22.8 Å². The summed E-state index contributed by atoms with van der Waals surface area (Å²) in [5.41, 5.74) is 0.422. The Balaban J connectivity index is 1.86. The second-order valence-electron chi connectivity index (χ2n) is 6.14. The van der Waals surface area contributed by atoms with E-state index in [-0.39, 0.29) is 18.7 Å². The molecule has 2 aromatic rings. The van der Waals surface area contributed by atoms with Gasteiger partial charge >= 0.3 is 0 Å². The van der Waals surface area contributed by atoms with Crippen LogP contribution in [0.5, 0.6) is 11.5 Å². The number of benzene rings is 1. The van der Waals surface area contributed by atoms with Crippen molar-refractivity contribution in [2.24, 2.45) is 5.10 Å². The summed E-state index contributed by atoms with van der Waals surface area (Å²) in [5, 5.41) is 16.5. The van der Waals surface area contributed by atoms with Crippen molar-refractivity contribution in [3.8, 4) is 11.5 Å². The minimum atomic E-state index is -1.52. The molecule has 1 unspecified atom stereocenters. The largest absolute Gasteiger partial charge is 0.493 e. The van der Waals surface area contributed by atoms with Crippen LogP contribution in [0.2, 0.25) is 0 Å². The van der Waals surface area contributed by atoms with Crippen molar-refractivity contribution in [1.82, 2.24) is 9.99 Å². The van der Waals surface area contributed by atoms with E-state index in [9.17, 15) is 9.90 Å². The lowest BCUT2D eigenvalue weighted by atomic mass is 9.99. The first-order chi connectivity index (χ1) is 12.5. The summed E-state index contributed by atoms with van der Waals surface area (Å²) < 4.78 is 10.5. The van der Waals surface area contributed by atoms with Gasteiger partial charge in [0.25, 0.3) is 0 Å². The number of hydrogen-bond acceptors (Lipinski definition) is 6. The molecule has 1 aliphatic rings. The predicted octanol–water partition coefficient (Wildman–Crippen LogP) is 2.09. The molecule has 0 fully saturated rings. The Kier molecular flexibility index (Phi) is 4.90. The smallest absolute Gasteiger partial charge is 0.250 e. The van der Waals surface area contributed by atoms with Crippen molar-refractivity contribution in [2.45, 2.75) is 25.5 Å². The summed E-state index contributed by atoms with van der Waals surface area (Å²) in [6.45, 7) is 1.78. The van der Waals surface area contributed by atoms with Crippen molar-refractivity contribution >= 4 is 11.6 Å². The highest BCUT2D eigenvalue weighted by Gasteiger charge is 2.44. The van der Waals surface area contributed by atoms with E-state index in [0.717, 1.165) is 10.6 Å². The van der Waals surface area contributed by atoms with Crippen molar-refractivity contribution in [2.75, 3.05) is 14.2 Å². The minimum Gasteiger partial charge on any atom is -0.493 e. The molecule has 1 aliphatic heterocycles. The van der Waals surface area contributed by atoms with Gasteiger partial charge in [0.1, 0.15) is 0 Å². The summed E-state index contributed by atoms with van der Waals surface area (Å²) in [5.74, 6) is 0.812. The molecule has 1 aromatic heterocycles. The van der Waals surface area contributed by atoms with Crippen molar-refractivity contribution < 1.29 is 19.4 Å². The monoisotopic (exact) mass is 355 g/mol. The Morgan fingerprint density at radius 1 is 1.27 bits per heavy atom. The number of hydrogen-bond donors (Lipinski definition) is 1. The Morgan fingerprint density at radius 3 is 2.69 bits per heavy atom. The topological polar surface area (TPSA) is 84.2 Å². The molecule has 0 aliphatic carbocycles. The van der Waals surface area contributed by atoms with E-state index in [1.165, 1.54) is 0 Å². The number of ether oxygens (including phenoxy) is 2. The van der Waals surface area contributed by atoms with E-state index in [2.05, 4.69) is 10.1 Å². The molecule has 1 amide bonds. The molecule has 2 heterocycles. The van der Waals surface area contributed by atoms with Gasteiger partial charge < -0.3 is 14.6 Å². The van der Waals surface area contributed by atoms with Crippen LogP contribution < -0.4 is 9.47 Å². The van der Waals surface area contributed by atoms with Crippen LogP contribution in [-0.2, 0) is 16.9 Å². The lowest BCUT2D eigenvalue weighted by Crippen LogP contribution is -2.44. The Morgan fingerprint density at radius 2 is 2.04 bits per heavy atom. The van der Waals surface area contributed by atoms with Gasteiger partial charge in [-0.25, -0.2) is 0 Å². The maximum Gasteiger partial charge on any atom is 0.250 e. The Hall–Kier alpha value is -2.93. The van der Waals surface area contributed by atoms with Crippen LogP contribution in [0.1, 0.15) is 24.5 Å². The molecule has 136 valence electrons. The number of amides is 1. The third-order valence-electron chi connectivity index (χ3n) is 4.29. The zero-order valence-corrected chi connectivity index (χ0v) is 15.0. The number of methoxy groups -OCH3 is 2. The van der Waals surface area contributed by atoms with Crippen LogP contribution in [0.3, 0.4) is 0 Å². The highest BCUT2D eigenvalue weighted by molar-refractivity contribution is 5.89. The molecule has 1 atom stereocenters. The molecule has 7 nitrogen and oxygen atoms in total. The Labute approximate surface area is 151 Å². The molecule has 0 saturated heterocycles. The maximum absolute atomic E-state index is 12.9. The van der Waals surface area contributed by atoms with E-state index in [4.69, 9.17) is 9.47 Å². The molecule has 1 aromatic carbocycles. The normalized spacial score (nSPS) is 19.2. The first-order valence-corrected chi connectivity index (χ1v) is 8.19. The summed E-state index contributed by atoms with van der Waals surface area (Å²) in [7, 11) is 3.09. The van der Waals surface area contributed by atoms with E-state index < -0.39 is 5.72 Å². The molecule has 0 saturated carbocycles. The summed E-state index contributed by atoms with van der Waals surface area (Å²) in [6, 6.07) is 8.73. The highest BCUT2D eigenvalue weighted by Crippen LogP contribution is 2.35. The Bertz CT molecular complexity index is 838. The van der Waals surface area contributed by atoms with Crippen LogP contribution in [0, 0.1) is 0 Å². The molecule has 0 radical (unpaired) electrons. The first-order valence-electron chi connectivity index (χ1n) is 8.19. The number of nitrogens with zero attached hydrogens (tertiary/aromatic N) is 3. The van der Waals surface area contributed by atoms with Crippen LogP contribution >= 0.6 is 0 Å². The highest BCUT2D eigenvalue weighted by atomic mass is 16.5. The predicted molar refractivity (Wildman–Crippen MR) is 96.0 cm³/mol. The number of pyridine rings is 1. The lowest BCUT2D eigenvalue weighted by molar-refractivity contribution is -0.157. The quantitative estimate of drug-likeness (QED) is 0.888. The number of hydrazone groups is 1.